The van der Waals surface area contributed by atoms with Crippen LogP contribution in [-0.4, -0.2) is 11.7 Å². The smallest absolute Gasteiger partial charge is 0.0870 e. The molecule has 21 heavy (non-hydrogen) atoms. The first kappa shape index (κ1) is 15.7. The molecule has 2 aromatic rings. The Labute approximate surface area is 127 Å². The molecule has 0 fully saturated rings. The number of hydrogen-bond donors (Lipinski definition) is 2. The zero-order chi connectivity index (χ0) is 15.4. The molecule has 0 saturated carbocycles. The van der Waals surface area contributed by atoms with Gasteiger partial charge in [0.1, 0.15) is 0 Å². The SMILES string of the molecule is Cc1cccc(C(O)C(CN)c2ccc(C(C)C)cc2)c1. The fraction of sp³-hybridized carbons (Fsp3) is 0.368. The Bertz CT molecular complexity index is 574. The van der Waals surface area contributed by atoms with Crippen molar-refractivity contribution in [1.29, 1.82) is 0 Å². The Morgan fingerprint density at radius 2 is 1.57 bits per heavy atom. The van der Waals surface area contributed by atoms with Crippen molar-refractivity contribution in [3.8, 4) is 0 Å². The van der Waals surface area contributed by atoms with E-state index in [0.29, 0.717) is 12.5 Å². The maximum Gasteiger partial charge on any atom is 0.0870 e. The average Bonchev–Trinajstić information content (AvgIpc) is 2.48. The summed E-state index contributed by atoms with van der Waals surface area (Å²) in [7, 11) is 0. The quantitative estimate of drug-likeness (QED) is 0.874. The summed E-state index contributed by atoms with van der Waals surface area (Å²) in [6, 6.07) is 16.4. The number of hydrogen-bond acceptors (Lipinski definition) is 2. The molecule has 0 bridgehead atoms. The van der Waals surface area contributed by atoms with Gasteiger partial charge in [-0.2, -0.15) is 0 Å². The summed E-state index contributed by atoms with van der Waals surface area (Å²) in [5.74, 6) is 0.435. The summed E-state index contributed by atoms with van der Waals surface area (Å²) >= 11 is 0. The third-order valence-corrected chi connectivity index (χ3v) is 4.05. The van der Waals surface area contributed by atoms with Crippen molar-refractivity contribution in [1.82, 2.24) is 0 Å². The molecule has 0 saturated heterocycles. The third-order valence-electron chi connectivity index (χ3n) is 4.05. The largest absolute Gasteiger partial charge is 0.388 e. The predicted octanol–water partition coefficient (Wildman–Crippen LogP) is 3.89. The fourth-order valence-electron chi connectivity index (χ4n) is 2.66. The van der Waals surface area contributed by atoms with E-state index >= 15 is 0 Å². The van der Waals surface area contributed by atoms with Gasteiger partial charge in [0.25, 0.3) is 0 Å². The van der Waals surface area contributed by atoms with Gasteiger partial charge in [0.05, 0.1) is 6.10 Å². The molecule has 2 aromatic carbocycles. The second-order valence-corrected chi connectivity index (χ2v) is 6.02. The molecule has 2 unspecified atom stereocenters. The first-order valence-electron chi connectivity index (χ1n) is 7.57. The summed E-state index contributed by atoms with van der Waals surface area (Å²) in [4.78, 5) is 0. The second-order valence-electron chi connectivity index (χ2n) is 6.02. The summed E-state index contributed by atoms with van der Waals surface area (Å²) < 4.78 is 0. The third kappa shape index (κ3) is 3.72. The van der Waals surface area contributed by atoms with Gasteiger partial charge in [-0.1, -0.05) is 67.9 Å². The Balaban J connectivity index is 2.26. The van der Waals surface area contributed by atoms with Crippen LogP contribution in [-0.2, 0) is 0 Å². The maximum atomic E-state index is 10.7. The van der Waals surface area contributed by atoms with Crippen LogP contribution in [0.25, 0.3) is 0 Å². The number of benzene rings is 2. The molecule has 3 N–H and O–H groups in total. The van der Waals surface area contributed by atoms with Crippen LogP contribution in [0.1, 0.15) is 54.0 Å². The van der Waals surface area contributed by atoms with Crippen LogP contribution < -0.4 is 5.73 Å². The molecule has 2 atom stereocenters. The van der Waals surface area contributed by atoms with Crippen LogP contribution in [0.2, 0.25) is 0 Å². The molecule has 0 aromatic heterocycles. The number of aliphatic hydroxyl groups excluding tert-OH is 1. The lowest BCUT2D eigenvalue weighted by molar-refractivity contribution is 0.147. The van der Waals surface area contributed by atoms with Crippen molar-refractivity contribution in [2.24, 2.45) is 5.73 Å². The standard InChI is InChI=1S/C19H25NO/c1-13(2)15-7-9-16(10-8-15)18(12-20)19(21)17-6-4-5-14(3)11-17/h4-11,13,18-19,21H,12,20H2,1-3H3. The minimum absolute atomic E-state index is 0.0759. The molecule has 2 nitrogen and oxygen atoms in total. The van der Waals surface area contributed by atoms with E-state index in [2.05, 4.69) is 38.1 Å². The van der Waals surface area contributed by atoms with Crippen molar-refractivity contribution in [3.63, 3.8) is 0 Å². The molecule has 0 amide bonds. The highest BCUT2D eigenvalue weighted by Gasteiger charge is 2.21. The highest BCUT2D eigenvalue weighted by molar-refractivity contribution is 5.32. The van der Waals surface area contributed by atoms with Crippen molar-refractivity contribution in [3.05, 3.63) is 70.8 Å². The van der Waals surface area contributed by atoms with Gasteiger partial charge in [-0.05, 0) is 29.5 Å². The van der Waals surface area contributed by atoms with Crippen molar-refractivity contribution >= 4 is 0 Å². The zero-order valence-corrected chi connectivity index (χ0v) is 13.1. The van der Waals surface area contributed by atoms with E-state index in [0.717, 1.165) is 16.7 Å². The van der Waals surface area contributed by atoms with Crippen LogP contribution in [0.15, 0.2) is 48.5 Å². The van der Waals surface area contributed by atoms with E-state index in [1.54, 1.807) is 0 Å². The van der Waals surface area contributed by atoms with Crippen LogP contribution in [0.4, 0.5) is 0 Å². The topological polar surface area (TPSA) is 46.2 Å². The molecular formula is C19H25NO. The monoisotopic (exact) mass is 283 g/mol. The lowest BCUT2D eigenvalue weighted by Crippen LogP contribution is -2.20. The minimum atomic E-state index is -0.570. The molecule has 0 radical (unpaired) electrons. The van der Waals surface area contributed by atoms with Gasteiger partial charge in [0.2, 0.25) is 0 Å². The summed E-state index contributed by atoms with van der Waals surface area (Å²) in [6.45, 7) is 6.81. The summed E-state index contributed by atoms with van der Waals surface area (Å²) in [6.07, 6.45) is -0.570. The second kappa shape index (κ2) is 6.88. The molecular weight excluding hydrogens is 258 g/mol. The molecule has 0 aliphatic carbocycles. The van der Waals surface area contributed by atoms with E-state index in [-0.39, 0.29) is 5.92 Å². The first-order chi connectivity index (χ1) is 10.0. The van der Waals surface area contributed by atoms with Gasteiger partial charge in [-0.25, -0.2) is 0 Å². The van der Waals surface area contributed by atoms with Gasteiger partial charge in [0, 0.05) is 12.5 Å². The van der Waals surface area contributed by atoms with E-state index in [1.165, 1.54) is 5.56 Å². The average molecular weight is 283 g/mol. The number of nitrogens with two attached hydrogens (primary N) is 1. The van der Waals surface area contributed by atoms with Crippen molar-refractivity contribution < 1.29 is 5.11 Å². The first-order valence-corrected chi connectivity index (χ1v) is 7.57. The Kier molecular flexibility index (Phi) is 5.16. The normalized spacial score (nSPS) is 14.2. The molecule has 0 aliphatic heterocycles. The zero-order valence-electron chi connectivity index (χ0n) is 13.1. The predicted molar refractivity (Wildman–Crippen MR) is 88.5 cm³/mol. The highest BCUT2D eigenvalue weighted by atomic mass is 16.3. The highest BCUT2D eigenvalue weighted by Crippen LogP contribution is 2.31. The van der Waals surface area contributed by atoms with Crippen LogP contribution in [0.5, 0.6) is 0 Å². The molecule has 0 spiro atoms. The Morgan fingerprint density at radius 1 is 0.952 bits per heavy atom. The summed E-state index contributed by atoms with van der Waals surface area (Å²) in [5, 5.41) is 10.7. The molecule has 0 heterocycles. The van der Waals surface area contributed by atoms with Gasteiger partial charge >= 0.3 is 0 Å². The van der Waals surface area contributed by atoms with E-state index in [4.69, 9.17) is 5.73 Å². The Morgan fingerprint density at radius 3 is 2.10 bits per heavy atom. The van der Waals surface area contributed by atoms with Gasteiger partial charge < -0.3 is 10.8 Å². The number of aliphatic hydroxyl groups is 1. The van der Waals surface area contributed by atoms with Crippen LogP contribution in [0.3, 0.4) is 0 Å². The van der Waals surface area contributed by atoms with Crippen LogP contribution in [0, 0.1) is 6.92 Å². The van der Waals surface area contributed by atoms with Gasteiger partial charge in [-0.15, -0.1) is 0 Å². The van der Waals surface area contributed by atoms with E-state index in [1.807, 2.05) is 31.2 Å². The molecule has 2 heteroatoms. The minimum Gasteiger partial charge on any atom is -0.388 e. The molecule has 112 valence electrons. The number of rotatable bonds is 5. The molecule has 2 rings (SSSR count). The Hall–Kier alpha value is -1.64. The number of aryl methyl sites for hydroxylation is 1. The summed E-state index contributed by atoms with van der Waals surface area (Å²) in [5.41, 5.74) is 10.4. The lowest BCUT2D eigenvalue weighted by atomic mass is 9.87. The van der Waals surface area contributed by atoms with Crippen LogP contribution >= 0.6 is 0 Å². The maximum absolute atomic E-state index is 10.7. The molecule has 0 aliphatic rings. The fourth-order valence-corrected chi connectivity index (χ4v) is 2.66. The van der Waals surface area contributed by atoms with E-state index < -0.39 is 6.10 Å². The van der Waals surface area contributed by atoms with Gasteiger partial charge in [-0.3, -0.25) is 0 Å². The van der Waals surface area contributed by atoms with E-state index in [9.17, 15) is 5.11 Å². The van der Waals surface area contributed by atoms with Crippen molar-refractivity contribution in [2.45, 2.75) is 38.7 Å². The lowest BCUT2D eigenvalue weighted by Gasteiger charge is -2.23. The van der Waals surface area contributed by atoms with Gasteiger partial charge in [0.15, 0.2) is 0 Å². The van der Waals surface area contributed by atoms with Crippen molar-refractivity contribution in [2.75, 3.05) is 6.54 Å².